The van der Waals surface area contributed by atoms with Crippen molar-refractivity contribution in [2.75, 3.05) is 42.7 Å². The van der Waals surface area contributed by atoms with Crippen molar-refractivity contribution in [1.29, 1.82) is 0 Å². The summed E-state index contributed by atoms with van der Waals surface area (Å²) < 4.78 is 15.2. The van der Waals surface area contributed by atoms with Crippen LogP contribution in [0.4, 0.5) is 28.4 Å². The standard InChI is InChI=1S/C50H54N6O2/c1-33-25-41-47(57-49-31-45(35(3)27-43(49)53-41)55(5)37-19-13-11-14-20-37)29-39(33)51-23-17-9-7-8-10-18-24-52-40-30-48-42(26-34(40)2)54-44-28-36(4)46(32-50(44)58-48)56(6)38-21-15-12-16-22-38/h11-16,19-22,25-32,45,51H,7-10,17-18,23-24H2,1-6H3/p+1. The number of rotatable bonds is 14. The van der Waals surface area contributed by atoms with Crippen LogP contribution in [0, 0.1) is 20.8 Å². The van der Waals surface area contributed by atoms with Crippen molar-refractivity contribution in [3.05, 3.63) is 143 Å². The zero-order valence-electron chi connectivity index (χ0n) is 34.7. The highest BCUT2D eigenvalue weighted by Crippen LogP contribution is 2.40. The SMILES string of the molecule is CC1=CC2=Nc3cc(C)c(NCCCCCCCCNc4cc5oc6cc(=[N+](C)c7ccccc7)c(C)cc-6nc5cc4C)cc3OC2=CC1N(C)c1ccccc1. The van der Waals surface area contributed by atoms with Crippen LogP contribution in [-0.4, -0.2) is 43.9 Å². The van der Waals surface area contributed by atoms with Crippen LogP contribution < -0.4 is 30.2 Å². The van der Waals surface area contributed by atoms with E-state index < -0.39 is 0 Å². The third-order valence-electron chi connectivity index (χ3n) is 11.5. The molecule has 0 aromatic heterocycles. The van der Waals surface area contributed by atoms with Crippen molar-refractivity contribution in [1.82, 2.24) is 9.56 Å². The molecule has 2 N–H and O–H groups in total. The van der Waals surface area contributed by atoms with Crippen molar-refractivity contribution in [3.63, 3.8) is 0 Å². The predicted octanol–water partition coefficient (Wildman–Crippen LogP) is 11.3. The summed E-state index contributed by atoms with van der Waals surface area (Å²) in [7, 11) is 4.22. The topological polar surface area (TPSA) is 77.9 Å². The van der Waals surface area contributed by atoms with Gasteiger partial charge in [0.1, 0.15) is 29.7 Å². The molecule has 0 fully saturated rings. The Morgan fingerprint density at radius 3 is 2.10 bits per heavy atom. The minimum absolute atomic E-state index is 0.106. The lowest BCUT2D eigenvalue weighted by molar-refractivity contribution is 0.445. The van der Waals surface area contributed by atoms with E-state index in [9.17, 15) is 0 Å². The van der Waals surface area contributed by atoms with Gasteiger partial charge in [0.15, 0.2) is 22.9 Å². The smallest absolute Gasteiger partial charge is 0.212 e. The molecule has 1 unspecified atom stereocenters. The number of hydrogen-bond donors (Lipinski definition) is 2. The first-order valence-corrected chi connectivity index (χ1v) is 20.8. The fourth-order valence-electron chi connectivity index (χ4n) is 8.09. The number of benzene rings is 5. The molecule has 58 heavy (non-hydrogen) atoms. The number of unbranched alkanes of at least 4 members (excludes halogenated alkanes) is 5. The van der Waals surface area contributed by atoms with Crippen LogP contribution >= 0.6 is 0 Å². The maximum absolute atomic E-state index is 6.49. The molecule has 2 heterocycles. The molecule has 296 valence electrons. The third-order valence-corrected chi connectivity index (χ3v) is 11.5. The largest absolute Gasteiger partial charge is 0.453 e. The van der Waals surface area contributed by atoms with E-state index in [2.05, 4.69) is 159 Å². The molecule has 0 saturated heterocycles. The fraction of sp³-hybridized carbons (Fsp3) is 0.300. The number of nitrogens with zero attached hydrogens (tertiary/aromatic N) is 4. The average molecular weight is 772 g/mol. The lowest BCUT2D eigenvalue weighted by Gasteiger charge is -2.33. The van der Waals surface area contributed by atoms with Gasteiger partial charge in [0, 0.05) is 67.0 Å². The van der Waals surface area contributed by atoms with Crippen LogP contribution in [0.3, 0.4) is 0 Å². The van der Waals surface area contributed by atoms with Crippen LogP contribution in [0.2, 0.25) is 0 Å². The Morgan fingerprint density at radius 2 is 1.38 bits per heavy atom. The number of aliphatic imine (C=N–C) groups is 1. The molecule has 4 aromatic rings. The average Bonchev–Trinajstić information content (AvgIpc) is 3.23. The van der Waals surface area contributed by atoms with E-state index in [0.717, 1.165) is 99.4 Å². The molecule has 0 bridgehead atoms. The Bertz CT molecular complexity index is 2570. The first kappa shape index (κ1) is 38.7. The Morgan fingerprint density at radius 1 is 0.724 bits per heavy atom. The highest BCUT2D eigenvalue weighted by atomic mass is 16.5. The van der Waals surface area contributed by atoms with Gasteiger partial charge < -0.3 is 24.7 Å². The predicted molar refractivity (Wildman–Crippen MR) is 241 cm³/mol. The highest BCUT2D eigenvalue weighted by Gasteiger charge is 2.27. The molecular formula is C50H55N6O2+. The summed E-state index contributed by atoms with van der Waals surface area (Å²) in [5.74, 6) is 2.41. The lowest BCUT2D eigenvalue weighted by atomic mass is 9.96. The van der Waals surface area contributed by atoms with Crippen molar-refractivity contribution >= 4 is 45.2 Å². The number of likely N-dealkylation sites (N-methyl/N-ethyl adjacent to an activating group) is 1. The number of aryl methyl sites for hydroxylation is 3. The molecule has 0 spiro atoms. The van der Waals surface area contributed by atoms with Crippen molar-refractivity contribution in [3.8, 4) is 17.2 Å². The summed E-state index contributed by atoms with van der Waals surface area (Å²) in [6.07, 6.45) is 11.5. The van der Waals surface area contributed by atoms with Gasteiger partial charge in [0.05, 0.1) is 12.1 Å². The minimum Gasteiger partial charge on any atom is -0.453 e. The van der Waals surface area contributed by atoms with Gasteiger partial charge in [-0.25, -0.2) is 9.98 Å². The summed E-state index contributed by atoms with van der Waals surface area (Å²) in [4.78, 5) is 12.2. The number of hydrogen-bond acceptors (Lipinski definition) is 7. The van der Waals surface area contributed by atoms with E-state index in [0.29, 0.717) is 0 Å². The molecule has 0 amide bonds. The van der Waals surface area contributed by atoms with Gasteiger partial charge in [0.25, 0.3) is 0 Å². The number of anilines is 3. The summed E-state index contributed by atoms with van der Waals surface area (Å²) in [5, 5.41) is 8.44. The molecule has 8 heteroatoms. The summed E-state index contributed by atoms with van der Waals surface area (Å²) >= 11 is 0. The first-order valence-electron chi connectivity index (χ1n) is 20.8. The molecule has 4 aliphatic rings. The third kappa shape index (κ3) is 8.42. The molecule has 8 rings (SSSR count). The number of nitrogens with one attached hydrogen (secondary N) is 2. The molecule has 2 aliphatic heterocycles. The fourth-order valence-corrected chi connectivity index (χ4v) is 8.09. The molecule has 4 aromatic carbocycles. The Hall–Kier alpha value is -6.15. The quantitative estimate of drug-likeness (QED) is 0.0652. The second-order valence-corrected chi connectivity index (χ2v) is 15.9. The Labute approximate surface area is 342 Å². The number of ether oxygens (including phenoxy) is 1. The van der Waals surface area contributed by atoms with Crippen LogP contribution in [0.1, 0.15) is 62.1 Å². The summed E-state index contributed by atoms with van der Waals surface area (Å²) in [5.41, 5.74) is 13.6. The molecule has 2 aliphatic carbocycles. The molecule has 8 nitrogen and oxygen atoms in total. The first-order chi connectivity index (χ1) is 28.2. The second-order valence-electron chi connectivity index (χ2n) is 15.9. The summed E-state index contributed by atoms with van der Waals surface area (Å²) in [6, 6.07) is 33.7. The highest BCUT2D eigenvalue weighted by molar-refractivity contribution is 6.11. The molecule has 0 radical (unpaired) electrons. The number of fused-ring (bicyclic) bond motifs is 4. The van der Waals surface area contributed by atoms with Gasteiger partial charge in [-0.05, 0) is 99.7 Å². The normalized spacial score (nSPS) is 15.1. The van der Waals surface area contributed by atoms with Crippen molar-refractivity contribution in [2.24, 2.45) is 4.99 Å². The van der Waals surface area contributed by atoms with E-state index in [4.69, 9.17) is 19.1 Å². The minimum atomic E-state index is 0.106. The van der Waals surface area contributed by atoms with Crippen LogP contribution in [0.15, 0.2) is 130 Å². The van der Waals surface area contributed by atoms with Crippen LogP contribution in [0.5, 0.6) is 5.75 Å². The van der Waals surface area contributed by atoms with E-state index in [1.807, 2.05) is 12.1 Å². The molecule has 0 saturated carbocycles. The second kappa shape index (κ2) is 17.1. The van der Waals surface area contributed by atoms with Gasteiger partial charge in [-0.1, -0.05) is 62.1 Å². The number of aromatic nitrogens is 1. The van der Waals surface area contributed by atoms with E-state index >= 15 is 0 Å². The van der Waals surface area contributed by atoms with Gasteiger partial charge in [-0.3, -0.25) is 0 Å². The van der Waals surface area contributed by atoms with Crippen LogP contribution in [0.25, 0.3) is 22.6 Å². The van der Waals surface area contributed by atoms with Crippen molar-refractivity contribution in [2.45, 2.75) is 72.3 Å². The molecular weight excluding hydrogens is 717 g/mol. The number of para-hydroxylation sites is 2. The maximum atomic E-state index is 6.49. The molecule has 1 atom stereocenters. The maximum Gasteiger partial charge on any atom is 0.212 e. The van der Waals surface area contributed by atoms with Gasteiger partial charge in [-0.2, -0.15) is 4.58 Å². The van der Waals surface area contributed by atoms with E-state index in [1.165, 1.54) is 48.1 Å². The number of allylic oxidation sites excluding steroid dienone is 1. The summed E-state index contributed by atoms with van der Waals surface area (Å²) in [6.45, 7) is 10.4. The monoisotopic (exact) mass is 771 g/mol. The zero-order chi connectivity index (χ0) is 40.2. The van der Waals surface area contributed by atoms with Gasteiger partial charge >= 0.3 is 0 Å². The van der Waals surface area contributed by atoms with Gasteiger partial charge in [-0.15, -0.1) is 0 Å². The Balaban J connectivity index is 0.792. The lowest BCUT2D eigenvalue weighted by Crippen LogP contribution is -2.35. The van der Waals surface area contributed by atoms with E-state index in [1.54, 1.807) is 0 Å². The van der Waals surface area contributed by atoms with Gasteiger partial charge in [0.2, 0.25) is 11.0 Å². The van der Waals surface area contributed by atoms with E-state index in [-0.39, 0.29) is 6.04 Å². The van der Waals surface area contributed by atoms with Crippen LogP contribution in [-0.2, 0) is 0 Å². The Kier molecular flexibility index (Phi) is 11.4. The zero-order valence-corrected chi connectivity index (χ0v) is 34.7. The van der Waals surface area contributed by atoms with Crippen molar-refractivity contribution < 1.29 is 9.15 Å².